The monoisotopic (exact) mass is 227 g/mol. The Bertz CT molecular complexity index is 414. The van der Waals surface area contributed by atoms with Crippen LogP contribution < -0.4 is 0 Å². The van der Waals surface area contributed by atoms with Crippen molar-refractivity contribution in [2.45, 2.75) is 38.0 Å². The zero-order chi connectivity index (χ0) is 9.87. The van der Waals surface area contributed by atoms with Crippen molar-refractivity contribution >= 4 is 23.2 Å². The summed E-state index contributed by atoms with van der Waals surface area (Å²) in [6.07, 6.45) is 3.78. The van der Waals surface area contributed by atoms with E-state index in [9.17, 15) is 0 Å². The molecule has 2 aliphatic rings. The highest BCUT2D eigenvalue weighted by molar-refractivity contribution is 6.36. The van der Waals surface area contributed by atoms with Gasteiger partial charge >= 0.3 is 0 Å². The Morgan fingerprint density at radius 2 is 1.93 bits per heavy atom. The molecule has 0 radical (unpaired) electrons. The number of nitrogens with zero attached hydrogens (tertiary/aromatic N) is 1. The van der Waals surface area contributed by atoms with Gasteiger partial charge in [-0.1, -0.05) is 23.2 Å². The van der Waals surface area contributed by atoms with Gasteiger partial charge in [0.15, 0.2) is 0 Å². The molecule has 0 amide bonds. The minimum Gasteiger partial charge on any atom is -0.240 e. The van der Waals surface area contributed by atoms with Crippen LogP contribution in [0, 0.1) is 6.92 Å². The summed E-state index contributed by atoms with van der Waals surface area (Å²) in [6.45, 7) is 1.95. The van der Waals surface area contributed by atoms with Crippen LogP contribution in [0.2, 0.25) is 10.2 Å². The van der Waals surface area contributed by atoms with Gasteiger partial charge in [-0.3, -0.25) is 0 Å². The number of halogens is 2. The van der Waals surface area contributed by atoms with E-state index < -0.39 is 0 Å². The lowest BCUT2D eigenvalue weighted by Gasteiger charge is -2.17. The van der Waals surface area contributed by atoms with Crippen molar-refractivity contribution < 1.29 is 0 Å². The molecule has 1 aromatic rings. The first-order chi connectivity index (χ1) is 6.68. The van der Waals surface area contributed by atoms with Crippen molar-refractivity contribution in [3.63, 3.8) is 0 Å². The van der Waals surface area contributed by atoms with E-state index >= 15 is 0 Å². The predicted octanol–water partition coefficient (Wildman–Crippen LogP) is 4.06. The molecule has 2 bridgehead atoms. The SMILES string of the molecule is Cc1c(Cl)nc2c(c1Cl)C1CCC2C1. The van der Waals surface area contributed by atoms with Gasteiger partial charge in [0.25, 0.3) is 0 Å². The molecule has 0 N–H and O–H groups in total. The van der Waals surface area contributed by atoms with Crippen molar-refractivity contribution in [2.75, 3.05) is 0 Å². The zero-order valence-corrected chi connectivity index (χ0v) is 9.49. The molecule has 0 spiro atoms. The van der Waals surface area contributed by atoms with Crippen LogP contribution >= 0.6 is 23.2 Å². The molecule has 0 aliphatic heterocycles. The third-order valence-corrected chi connectivity index (χ3v) is 4.45. The largest absolute Gasteiger partial charge is 0.240 e. The van der Waals surface area contributed by atoms with E-state index in [1.807, 2.05) is 6.92 Å². The van der Waals surface area contributed by atoms with Gasteiger partial charge in [-0.25, -0.2) is 4.98 Å². The molecule has 3 heteroatoms. The van der Waals surface area contributed by atoms with E-state index in [-0.39, 0.29) is 0 Å². The third kappa shape index (κ3) is 1.00. The van der Waals surface area contributed by atoms with Crippen LogP contribution in [0.15, 0.2) is 0 Å². The second-order valence-corrected chi connectivity index (χ2v) is 5.08. The maximum absolute atomic E-state index is 6.31. The van der Waals surface area contributed by atoms with Gasteiger partial charge in [-0.15, -0.1) is 0 Å². The summed E-state index contributed by atoms with van der Waals surface area (Å²) in [5, 5.41) is 1.45. The summed E-state index contributed by atoms with van der Waals surface area (Å²) < 4.78 is 0. The molecule has 0 aromatic carbocycles. The highest BCUT2D eigenvalue weighted by Crippen LogP contribution is 2.55. The topological polar surface area (TPSA) is 12.9 Å². The van der Waals surface area contributed by atoms with Crippen LogP contribution in [-0.2, 0) is 0 Å². The van der Waals surface area contributed by atoms with Gasteiger partial charge in [0.1, 0.15) is 5.15 Å². The number of hydrogen-bond acceptors (Lipinski definition) is 1. The first-order valence-electron chi connectivity index (χ1n) is 5.04. The lowest BCUT2D eigenvalue weighted by atomic mass is 9.95. The summed E-state index contributed by atoms with van der Waals surface area (Å²) in [4.78, 5) is 4.48. The lowest BCUT2D eigenvalue weighted by Crippen LogP contribution is -2.03. The molecule has 3 rings (SSSR count). The smallest absolute Gasteiger partial charge is 0.133 e. The van der Waals surface area contributed by atoms with E-state index in [1.54, 1.807) is 0 Å². The fourth-order valence-corrected chi connectivity index (χ4v) is 3.42. The number of aromatic nitrogens is 1. The van der Waals surface area contributed by atoms with Crippen molar-refractivity contribution in [3.8, 4) is 0 Å². The average molecular weight is 228 g/mol. The first kappa shape index (κ1) is 8.99. The standard InChI is InChI=1S/C11H11Cl2N/c1-5-9(12)8-6-2-3-7(4-6)10(8)14-11(5)13/h6-7H,2-4H2,1H3. The van der Waals surface area contributed by atoms with E-state index in [0.29, 0.717) is 17.0 Å². The van der Waals surface area contributed by atoms with Crippen molar-refractivity contribution in [2.24, 2.45) is 0 Å². The number of pyridine rings is 1. The molecule has 1 fully saturated rings. The van der Waals surface area contributed by atoms with Crippen molar-refractivity contribution in [1.82, 2.24) is 4.98 Å². The van der Waals surface area contributed by atoms with E-state index in [1.165, 1.54) is 30.5 Å². The Hall–Kier alpha value is -0.270. The second kappa shape index (κ2) is 2.86. The number of rotatable bonds is 0. The fourth-order valence-electron chi connectivity index (χ4n) is 2.85. The normalized spacial score (nSPS) is 28.2. The Labute approximate surface area is 93.4 Å². The van der Waals surface area contributed by atoms with Crippen molar-refractivity contribution in [3.05, 3.63) is 27.0 Å². The van der Waals surface area contributed by atoms with Gasteiger partial charge < -0.3 is 0 Å². The number of hydrogen-bond donors (Lipinski definition) is 0. The van der Waals surface area contributed by atoms with Crippen LogP contribution in [0.4, 0.5) is 0 Å². The Kier molecular flexibility index (Phi) is 1.84. The van der Waals surface area contributed by atoms with Crippen LogP contribution in [0.1, 0.15) is 47.9 Å². The van der Waals surface area contributed by atoms with Gasteiger partial charge in [0, 0.05) is 11.5 Å². The maximum Gasteiger partial charge on any atom is 0.133 e. The molecule has 1 aromatic heterocycles. The zero-order valence-electron chi connectivity index (χ0n) is 7.98. The molecule has 2 aliphatic carbocycles. The van der Waals surface area contributed by atoms with Gasteiger partial charge in [-0.05, 0) is 37.7 Å². The summed E-state index contributed by atoms with van der Waals surface area (Å²) in [5.74, 6) is 1.29. The highest BCUT2D eigenvalue weighted by Gasteiger charge is 2.40. The minimum absolute atomic E-state index is 0.585. The molecular formula is C11H11Cl2N. The first-order valence-corrected chi connectivity index (χ1v) is 5.79. The predicted molar refractivity (Wildman–Crippen MR) is 58.3 cm³/mol. The van der Waals surface area contributed by atoms with Gasteiger partial charge in [0.2, 0.25) is 0 Å². The third-order valence-electron chi connectivity index (χ3n) is 3.60. The summed E-state index contributed by atoms with van der Waals surface area (Å²) in [7, 11) is 0. The quantitative estimate of drug-likeness (QED) is 0.610. The van der Waals surface area contributed by atoms with Gasteiger partial charge in [0.05, 0.1) is 10.7 Å². The molecule has 2 atom stereocenters. The van der Waals surface area contributed by atoms with E-state index in [4.69, 9.17) is 23.2 Å². The van der Waals surface area contributed by atoms with E-state index in [0.717, 1.165) is 10.6 Å². The summed E-state index contributed by atoms with van der Waals surface area (Å²) in [6, 6.07) is 0. The second-order valence-electron chi connectivity index (χ2n) is 4.35. The Morgan fingerprint density at radius 1 is 1.21 bits per heavy atom. The number of fused-ring (bicyclic) bond motifs is 5. The van der Waals surface area contributed by atoms with Crippen LogP contribution in [-0.4, -0.2) is 4.98 Å². The molecule has 74 valence electrons. The van der Waals surface area contributed by atoms with Crippen LogP contribution in [0.5, 0.6) is 0 Å². The molecular weight excluding hydrogens is 217 g/mol. The van der Waals surface area contributed by atoms with Gasteiger partial charge in [-0.2, -0.15) is 0 Å². The van der Waals surface area contributed by atoms with Crippen LogP contribution in [0.3, 0.4) is 0 Å². The minimum atomic E-state index is 0.585. The molecule has 2 unspecified atom stereocenters. The lowest BCUT2D eigenvalue weighted by molar-refractivity contribution is 0.696. The molecule has 14 heavy (non-hydrogen) atoms. The Balaban J connectivity index is 2.29. The fraction of sp³-hybridized carbons (Fsp3) is 0.545. The van der Waals surface area contributed by atoms with Crippen molar-refractivity contribution in [1.29, 1.82) is 0 Å². The molecule has 1 saturated carbocycles. The summed E-state index contributed by atoms with van der Waals surface area (Å²) >= 11 is 12.4. The highest BCUT2D eigenvalue weighted by atomic mass is 35.5. The summed E-state index contributed by atoms with van der Waals surface area (Å²) in [5.41, 5.74) is 3.42. The Morgan fingerprint density at radius 3 is 2.71 bits per heavy atom. The average Bonchev–Trinajstić information content (AvgIpc) is 2.74. The van der Waals surface area contributed by atoms with E-state index in [2.05, 4.69) is 4.98 Å². The molecule has 1 nitrogen and oxygen atoms in total. The molecule has 1 heterocycles. The van der Waals surface area contributed by atoms with Crippen LogP contribution in [0.25, 0.3) is 0 Å². The molecule has 0 saturated heterocycles. The maximum atomic E-state index is 6.31.